The highest BCUT2D eigenvalue weighted by Crippen LogP contribution is 2.32. The van der Waals surface area contributed by atoms with Gasteiger partial charge in [-0.05, 0) is 30.7 Å². The molecular weight excluding hydrogens is 422 g/mol. The summed E-state index contributed by atoms with van der Waals surface area (Å²) in [6.45, 7) is 2.28. The highest BCUT2D eigenvalue weighted by atomic mass is 32.2. The van der Waals surface area contributed by atoms with Gasteiger partial charge in [-0.3, -0.25) is 9.36 Å². The number of para-hydroxylation sites is 2. The fraction of sp³-hybridized carbons (Fsp3) is 0.160. The van der Waals surface area contributed by atoms with E-state index in [0.717, 1.165) is 22.4 Å². The van der Waals surface area contributed by atoms with Crippen LogP contribution in [0.5, 0.6) is 5.75 Å². The predicted molar refractivity (Wildman–Crippen MR) is 125 cm³/mol. The van der Waals surface area contributed by atoms with Gasteiger partial charge >= 0.3 is 5.97 Å². The summed E-state index contributed by atoms with van der Waals surface area (Å²) in [4.78, 5) is 12.4. The maximum atomic E-state index is 12.4. The normalized spacial score (nSPS) is 10.7. The summed E-state index contributed by atoms with van der Waals surface area (Å²) >= 11 is 1.28. The van der Waals surface area contributed by atoms with E-state index in [2.05, 4.69) is 16.3 Å². The molecule has 0 unspecified atom stereocenters. The summed E-state index contributed by atoms with van der Waals surface area (Å²) < 4.78 is 12.9. The fourth-order valence-corrected chi connectivity index (χ4v) is 4.01. The van der Waals surface area contributed by atoms with Crippen LogP contribution in [0.15, 0.2) is 84.0 Å². The number of carbonyl (C=O) groups excluding carboxylic acids is 1. The average Bonchev–Trinajstić information content (AvgIpc) is 3.26. The summed E-state index contributed by atoms with van der Waals surface area (Å²) in [5.74, 6) is 1.17. The van der Waals surface area contributed by atoms with Crippen molar-refractivity contribution in [3.63, 3.8) is 0 Å². The van der Waals surface area contributed by atoms with Gasteiger partial charge < -0.3 is 9.47 Å². The molecule has 32 heavy (non-hydrogen) atoms. The van der Waals surface area contributed by atoms with Gasteiger partial charge in [-0.15, -0.1) is 10.2 Å². The lowest BCUT2D eigenvalue weighted by molar-refractivity contribution is -0.141. The van der Waals surface area contributed by atoms with Crippen LogP contribution in [0.1, 0.15) is 11.1 Å². The molecule has 0 aliphatic heterocycles. The number of esters is 1. The molecule has 1 heterocycles. The Morgan fingerprint density at radius 3 is 2.53 bits per heavy atom. The van der Waals surface area contributed by atoms with Crippen LogP contribution in [-0.4, -0.2) is 33.6 Å². The minimum Gasteiger partial charge on any atom is -0.495 e. The van der Waals surface area contributed by atoms with Crippen LogP contribution < -0.4 is 4.74 Å². The summed E-state index contributed by atoms with van der Waals surface area (Å²) in [5, 5.41) is 9.40. The van der Waals surface area contributed by atoms with Crippen molar-refractivity contribution in [1.82, 2.24) is 14.8 Å². The first-order valence-electron chi connectivity index (χ1n) is 10.1. The van der Waals surface area contributed by atoms with Gasteiger partial charge in [-0.2, -0.15) is 0 Å². The van der Waals surface area contributed by atoms with Gasteiger partial charge in [0.25, 0.3) is 0 Å². The number of carbonyl (C=O) groups is 1. The first-order valence-corrected chi connectivity index (χ1v) is 11.1. The third kappa shape index (κ3) is 5.00. The lowest BCUT2D eigenvalue weighted by Crippen LogP contribution is -2.09. The Labute approximate surface area is 191 Å². The standard InChI is InChI=1S/C25H23N3O3S/c1-18-9-8-12-20(15-18)24-26-27-25(28(24)21-13-6-7-14-22(21)30-2)32-17-23(29)31-16-19-10-4-3-5-11-19/h3-15H,16-17H2,1-2H3. The summed E-state index contributed by atoms with van der Waals surface area (Å²) in [7, 11) is 1.63. The van der Waals surface area contributed by atoms with E-state index in [-0.39, 0.29) is 18.3 Å². The van der Waals surface area contributed by atoms with Gasteiger partial charge in [0, 0.05) is 5.56 Å². The third-order valence-electron chi connectivity index (χ3n) is 4.80. The van der Waals surface area contributed by atoms with Crippen molar-refractivity contribution in [2.24, 2.45) is 0 Å². The molecule has 0 saturated heterocycles. The number of thioether (sulfide) groups is 1. The van der Waals surface area contributed by atoms with E-state index in [1.54, 1.807) is 7.11 Å². The van der Waals surface area contributed by atoms with Crippen LogP contribution in [-0.2, 0) is 16.1 Å². The van der Waals surface area contributed by atoms with Crippen molar-refractivity contribution < 1.29 is 14.3 Å². The molecule has 1 aromatic heterocycles. The smallest absolute Gasteiger partial charge is 0.316 e. The molecule has 4 rings (SSSR count). The molecule has 0 saturated carbocycles. The van der Waals surface area contributed by atoms with Gasteiger partial charge in [0.05, 0.1) is 18.6 Å². The third-order valence-corrected chi connectivity index (χ3v) is 5.70. The minimum absolute atomic E-state index is 0.119. The molecule has 0 aliphatic rings. The Morgan fingerprint density at radius 1 is 0.969 bits per heavy atom. The molecule has 0 fully saturated rings. The second-order valence-electron chi connectivity index (χ2n) is 7.12. The van der Waals surface area contributed by atoms with Gasteiger partial charge in [-0.25, -0.2) is 0 Å². The zero-order chi connectivity index (χ0) is 22.3. The number of rotatable bonds is 8. The molecule has 0 atom stereocenters. The van der Waals surface area contributed by atoms with E-state index in [1.165, 1.54) is 11.8 Å². The van der Waals surface area contributed by atoms with Crippen LogP contribution in [0.4, 0.5) is 0 Å². The number of ether oxygens (including phenoxy) is 2. The highest BCUT2D eigenvalue weighted by Gasteiger charge is 2.20. The van der Waals surface area contributed by atoms with Crippen LogP contribution in [0.3, 0.4) is 0 Å². The maximum Gasteiger partial charge on any atom is 0.316 e. The van der Waals surface area contributed by atoms with Crippen LogP contribution in [0.25, 0.3) is 17.1 Å². The lowest BCUT2D eigenvalue weighted by atomic mass is 10.1. The van der Waals surface area contributed by atoms with Crippen LogP contribution >= 0.6 is 11.8 Å². The number of nitrogens with zero attached hydrogens (tertiary/aromatic N) is 3. The van der Waals surface area contributed by atoms with Crippen LogP contribution in [0, 0.1) is 6.92 Å². The number of hydrogen-bond donors (Lipinski definition) is 0. The van der Waals surface area contributed by atoms with Gasteiger partial charge in [0.2, 0.25) is 0 Å². The molecule has 7 heteroatoms. The zero-order valence-corrected chi connectivity index (χ0v) is 18.7. The Morgan fingerprint density at radius 2 is 1.75 bits per heavy atom. The molecular formula is C25H23N3O3S. The average molecular weight is 446 g/mol. The van der Waals surface area contributed by atoms with Gasteiger partial charge in [0.15, 0.2) is 11.0 Å². The lowest BCUT2D eigenvalue weighted by Gasteiger charge is -2.14. The largest absolute Gasteiger partial charge is 0.495 e. The Bertz CT molecular complexity index is 1210. The van der Waals surface area contributed by atoms with Crippen molar-refractivity contribution in [2.45, 2.75) is 18.7 Å². The van der Waals surface area contributed by atoms with Crippen molar-refractivity contribution in [1.29, 1.82) is 0 Å². The molecule has 162 valence electrons. The van der Waals surface area contributed by atoms with Crippen molar-refractivity contribution in [3.8, 4) is 22.8 Å². The molecule has 3 aromatic carbocycles. The van der Waals surface area contributed by atoms with E-state index < -0.39 is 0 Å². The van der Waals surface area contributed by atoms with Crippen molar-refractivity contribution >= 4 is 17.7 Å². The second kappa shape index (κ2) is 10.2. The Hall–Kier alpha value is -3.58. The molecule has 0 bridgehead atoms. The first kappa shape index (κ1) is 21.6. The van der Waals surface area contributed by atoms with E-state index >= 15 is 0 Å². The molecule has 0 aliphatic carbocycles. The van der Waals surface area contributed by atoms with Gasteiger partial charge in [0.1, 0.15) is 12.4 Å². The van der Waals surface area contributed by atoms with Crippen molar-refractivity contribution in [3.05, 3.63) is 90.0 Å². The summed E-state index contributed by atoms with van der Waals surface area (Å²) in [6, 6.07) is 25.3. The van der Waals surface area contributed by atoms with E-state index in [9.17, 15) is 4.79 Å². The Balaban J connectivity index is 1.60. The number of benzene rings is 3. The van der Waals surface area contributed by atoms with E-state index in [1.807, 2.05) is 84.3 Å². The summed E-state index contributed by atoms with van der Waals surface area (Å²) in [6.07, 6.45) is 0. The number of aryl methyl sites for hydroxylation is 1. The topological polar surface area (TPSA) is 66.2 Å². The summed E-state index contributed by atoms with van der Waals surface area (Å²) in [5.41, 5.74) is 3.80. The molecule has 0 spiro atoms. The number of aromatic nitrogens is 3. The van der Waals surface area contributed by atoms with E-state index in [4.69, 9.17) is 9.47 Å². The SMILES string of the molecule is COc1ccccc1-n1c(SCC(=O)OCc2ccccc2)nnc1-c1cccc(C)c1. The van der Waals surface area contributed by atoms with Crippen molar-refractivity contribution in [2.75, 3.05) is 12.9 Å². The minimum atomic E-state index is -0.314. The first-order chi connectivity index (χ1) is 15.7. The van der Waals surface area contributed by atoms with E-state index in [0.29, 0.717) is 16.7 Å². The quantitative estimate of drug-likeness (QED) is 0.278. The van der Waals surface area contributed by atoms with Gasteiger partial charge in [-0.1, -0.05) is 78.0 Å². The molecule has 0 amide bonds. The van der Waals surface area contributed by atoms with Crippen LogP contribution in [0.2, 0.25) is 0 Å². The molecule has 0 N–H and O–H groups in total. The zero-order valence-electron chi connectivity index (χ0n) is 17.9. The molecule has 6 nitrogen and oxygen atoms in total. The number of methoxy groups -OCH3 is 1. The predicted octanol–water partition coefficient (Wildman–Crippen LogP) is 5.09. The number of hydrogen-bond acceptors (Lipinski definition) is 6. The molecule has 0 radical (unpaired) electrons. The Kier molecular flexibility index (Phi) is 6.87. The fourth-order valence-electron chi connectivity index (χ4n) is 3.27. The highest BCUT2D eigenvalue weighted by molar-refractivity contribution is 7.99. The molecule has 4 aromatic rings. The second-order valence-corrected chi connectivity index (χ2v) is 8.06. The maximum absolute atomic E-state index is 12.4. The monoisotopic (exact) mass is 445 g/mol.